The number of rotatable bonds is 3. The third-order valence-electron chi connectivity index (χ3n) is 1.19. The monoisotopic (exact) mass is 128 g/mol. The Morgan fingerprint density at radius 3 is 2.44 bits per heavy atom. The minimum Gasteiger partial charge on any atom is -0.298 e. The van der Waals surface area contributed by atoms with Crippen LogP contribution in [0.3, 0.4) is 0 Å². The van der Waals surface area contributed by atoms with E-state index in [2.05, 4.69) is 25.9 Å². The van der Waals surface area contributed by atoms with E-state index in [-0.39, 0.29) is 0 Å². The molecule has 0 spiro atoms. The van der Waals surface area contributed by atoms with E-state index in [9.17, 15) is 0 Å². The standard InChI is InChI=1S/C7H16N2/c1-5-6-8-9(4)7(2)3/h6-7H,5H2,1-4H3/b8-6-. The van der Waals surface area contributed by atoms with Crippen LogP contribution in [-0.2, 0) is 0 Å². The normalized spacial score (nSPS) is 11.2. The summed E-state index contributed by atoms with van der Waals surface area (Å²) in [6.45, 7) is 6.32. The zero-order valence-electron chi connectivity index (χ0n) is 6.76. The van der Waals surface area contributed by atoms with E-state index < -0.39 is 0 Å². The minimum atomic E-state index is 0.507. The van der Waals surface area contributed by atoms with Crippen LogP contribution in [0.25, 0.3) is 0 Å². The molecule has 0 aliphatic rings. The fourth-order valence-electron chi connectivity index (χ4n) is 0.344. The van der Waals surface area contributed by atoms with Gasteiger partial charge in [-0.05, 0) is 20.3 Å². The predicted octanol–water partition coefficient (Wildman–Crippen LogP) is 1.72. The molecule has 0 bridgehead atoms. The molecule has 0 aliphatic heterocycles. The second kappa shape index (κ2) is 4.36. The van der Waals surface area contributed by atoms with Crippen molar-refractivity contribution in [1.82, 2.24) is 5.01 Å². The lowest BCUT2D eigenvalue weighted by Gasteiger charge is -2.16. The first-order valence-electron chi connectivity index (χ1n) is 3.43. The summed E-state index contributed by atoms with van der Waals surface area (Å²) >= 11 is 0. The highest BCUT2D eigenvalue weighted by molar-refractivity contribution is 5.55. The topological polar surface area (TPSA) is 15.6 Å². The minimum absolute atomic E-state index is 0.507. The van der Waals surface area contributed by atoms with Crippen molar-refractivity contribution >= 4 is 6.21 Å². The van der Waals surface area contributed by atoms with E-state index in [0.717, 1.165) is 6.42 Å². The van der Waals surface area contributed by atoms with Gasteiger partial charge in [0.25, 0.3) is 0 Å². The first kappa shape index (κ1) is 8.47. The Hall–Kier alpha value is -0.530. The predicted molar refractivity (Wildman–Crippen MR) is 41.7 cm³/mol. The SMILES string of the molecule is CC/C=N\N(C)C(C)C. The smallest absolute Gasteiger partial charge is 0.0410 e. The molecule has 0 N–H and O–H groups in total. The quantitative estimate of drug-likeness (QED) is 0.417. The summed E-state index contributed by atoms with van der Waals surface area (Å²) in [5.41, 5.74) is 0. The van der Waals surface area contributed by atoms with E-state index in [0.29, 0.717) is 6.04 Å². The van der Waals surface area contributed by atoms with Gasteiger partial charge in [-0.25, -0.2) is 0 Å². The van der Waals surface area contributed by atoms with Gasteiger partial charge in [0, 0.05) is 19.3 Å². The van der Waals surface area contributed by atoms with Gasteiger partial charge in [0.1, 0.15) is 0 Å². The second-order valence-corrected chi connectivity index (χ2v) is 2.37. The van der Waals surface area contributed by atoms with Gasteiger partial charge in [0.15, 0.2) is 0 Å². The fourth-order valence-corrected chi connectivity index (χ4v) is 0.344. The molecule has 0 saturated heterocycles. The van der Waals surface area contributed by atoms with Crippen LogP contribution in [0.2, 0.25) is 0 Å². The molecule has 0 aliphatic carbocycles. The van der Waals surface area contributed by atoms with Crippen LogP contribution in [0.4, 0.5) is 0 Å². The molecular weight excluding hydrogens is 112 g/mol. The van der Waals surface area contributed by atoms with E-state index in [4.69, 9.17) is 0 Å². The molecule has 2 heteroatoms. The summed E-state index contributed by atoms with van der Waals surface area (Å²) in [6.07, 6.45) is 2.93. The molecule has 0 radical (unpaired) electrons. The molecule has 0 fully saturated rings. The maximum absolute atomic E-state index is 4.15. The second-order valence-electron chi connectivity index (χ2n) is 2.37. The van der Waals surface area contributed by atoms with Gasteiger partial charge in [-0.15, -0.1) is 0 Å². The Morgan fingerprint density at radius 2 is 2.11 bits per heavy atom. The summed E-state index contributed by atoms with van der Waals surface area (Å²) in [6, 6.07) is 0.507. The molecule has 0 aromatic rings. The molecule has 0 unspecified atom stereocenters. The Labute approximate surface area is 57.6 Å². The van der Waals surface area contributed by atoms with Gasteiger partial charge in [0.05, 0.1) is 0 Å². The molecule has 0 saturated carbocycles. The van der Waals surface area contributed by atoms with E-state index in [1.54, 1.807) is 0 Å². The van der Waals surface area contributed by atoms with Crippen molar-refractivity contribution in [2.75, 3.05) is 7.05 Å². The van der Waals surface area contributed by atoms with Crippen molar-refractivity contribution in [3.63, 3.8) is 0 Å². The number of nitrogens with zero attached hydrogens (tertiary/aromatic N) is 2. The van der Waals surface area contributed by atoms with Crippen LogP contribution in [-0.4, -0.2) is 24.3 Å². The molecular formula is C7H16N2. The molecule has 9 heavy (non-hydrogen) atoms. The van der Waals surface area contributed by atoms with Crippen molar-refractivity contribution in [1.29, 1.82) is 0 Å². The summed E-state index contributed by atoms with van der Waals surface area (Å²) < 4.78 is 0. The Balaban J connectivity index is 3.48. The van der Waals surface area contributed by atoms with Crippen LogP contribution < -0.4 is 0 Å². The zero-order valence-corrected chi connectivity index (χ0v) is 6.76. The molecule has 0 amide bonds. The Morgan fingerprint density at radius 1 is 1.56 bits per heavy atom. The number of hydrogen-bond acceptors (Lipinski definition) is 2. The van der Waals surface area contributed by atoms with Crippen molar-refractivity contribution in [2.24, 2.45) is 5.10 Å². The fraction of sp³-hybridized carbons (Fsp3) is 0.857. The summed E-state index contributed by atoms with van der Waals surface area (Å²) in [4.78, 5) is 0. The van der Waals surface area contributed by atoms with Gasteiger partial charge in [-0.1, -0.05) is 6.92 Å². The number of hydrazone groups is 1. The molecule has 54 valence electrons. The molecule has 0 atom stereocenters. The van der Waals surface area contributed by atoms with Crippen molar-refractivity contribution < 1.29 is 0 Å². The van der Waals surface area contributed by atoms with Crippen LogP contribution in [0.1, 0.15) is 27.2 Å². The lowest BCUT2D eigenvalue weighted by Crippen LogP contribution is -2.19. The van der Waals surface area contributed by atoms with Gasteiger partial charge in [-0.3, -0.25) is 5.01 Å². The Bertz CT molecular complexity index is 86.9. The van der Waals surface area contributed by atoms with Crippen molar-refractivity contribution in [3.8, 4) is 0 Å². The Kier molecular flexibility index (Phi) is 4.10. The van der Waals surface area contributed by atoms with E-state index >= 15 is 0 Å². The van der Waals surface area contributed by atoms with Crippen molar-refractivity contribution in [2.45, 2.75) is 33.2 Å². The highest BCUT2D eigenvalue weighted by Crippen LogP contribution is 1.91. The van der Waals surface area contributed by atoms with Crippen molar-refractivity contribution in [3.05, 3.63) is 0 Å². The van der Waals surface area contributed by atoms with Crippen LogP contribution in [0.5, 0.6) is 0 Å². The highest BCUT2D eigenvalue weighted by atomic mass is 15.4. The number of hydrogen-bond donors (Lipinski definition) is 0. The molecule has 0 aromatic heterocycles. The summed E-state index contributed by atoms with van der Waals surface area (Å²) in [5.74, 6) is 0. The molecule has 0 rings (SSSR count). The third kappa shape index (κ3) is 4.01. The molecule has 0 aromatic carbocycles. The maximum atomic E-state index is 4.15. The first-order valence-corrected chi connectivity index (χ1v) is 3.43. The lowest BCUT2D eigenvalue weighted by molar-refractivity contribution is 0.289. The summed E-state index contributed by atoms with van der Waals surface area (Å²) in [5, 5.41) is 6.10. The van der Waals surface area contributed by atoms with Gasteiger partial charge in [-0.2, -0.15) is 5.10 Å². The van der Waals surface area contributed by atoms with E-state index in [1.165, 1.54) is 0 Å². The van der Waals surface area contributed by atoms with Gasteiger partial charge in [0.2, 0.25) is 0 Å². The largest absolute Gasteiger partial charge is 0.298 e. The maximum Gasteiger partial charge on any atom is 0.0410 e. The van der Waals surface area contributed by atoms with Gasteiger partial charge < -0.3 is 0 Å². The lowest BCUT2D eigenvalue weighted by atomic mass is 10.4. The molecule has 0 heterocycles. The highest BCUT2D eigenvalue weighted by Gasteiger charge is 1.94. The first-order chi connectivity index (χ1) is 4.18. The van der Waals surface area contributed by atoms with Crippen LogP contribution in [0, 0.1) is 0 Å². The van der Waals surface area contributed by atoms with Gasteiger partial charge >= 0.3 is 0 Å². The van der Waals surface area contributed by atoms with Crippen LogP contribution in [0.15, 0.2) is 5.10 Å². The summed E-state index contributed by atoms with van der Waals surface area (Å²) in [7, 11) is 1.98. The zero-order chi connectivity index (χ0) is 7.28. The average molecular weight is 128 g/mol. The molecule has 2 nitrogen and oxygen atoms in total. The third-order valence-corrected chi connectivity index (χ3v) is 1.19. The average Bonchev–Trinajstić information content (AvgIpc) is 1.82. The van der Waals surface area contributed by atoms with Crippen LogP contribution >= 0.6 is 0 Å². The van der Waals surface area contributed by atoms with E-state index in [1.807, 2.05) is 18.3 Å².